The number of benzene rings is 3. The summed E-state index contributed by atoms with van der Waals surface area (Å²) in [5.41, 5.74) is 9.48. The van der Waals surface area contributed by atoms with Gasteiger partial charge in [0.05, 0.1) is 0 Å². The predicted octanol–water partition coefficient (Wildman–Crippen LogP) is 7.28. The summed E-state index contributed by atoms with van der Waals surface area (Å²) in [6.45, 7) is 9.67. The maximum absolute atomic E-state index is 2.45. The van der Waals surface area contributed by atoms with Gasteiger partial charge in [0.2, 0.25) is 0 Å². The molecule has 0 aromatic heterocycles. The third-order valence-corrected chi connectivity index (χ3v) is 7.01. The van der Waals surface area contributed by atoms with Gasteiger partial charge >= 0.3 is 0 Å². The van der Waals surface area contributed by atoms with Crippen LogP contribution in [0.2, 0.25) is 0 Å². The highest BCUT2D eigenvalue weighted by Gasteiger charge is 2.39. The first-order valence-electron chi connectivity index (χ1n) is 9.93. The molecule has 0 aliphatic heterocycles. The van der Waals surface area contributed by atoms with Gasteiger partial charge in [-0.15, -0.1) is 0 Å². The molecule has 0 nitrogen and oxygen atoms in total. The van der Waals surface area contributed by atoms with Crippen LogP contribution in [0.5, 0.6) is 0 Å². The highest BCUT2D eigenvalue weighted by molar-refractivity contribution is 5.85. The smallest absolute Gasteiger partial charge is 0.00321 e. The van der Waals surface area contributed by atoms with Gasteiger partial charge in [0.25, 0.3) is 0 Å². The molecular weight excluding hydrogens is 312 g/mol. The summed E-state index contributed by atoms with van der Waals surface area (Å²) in [4.78, 5) is 0. The molecule has 3 aromatic carbocycles. The minimum Gasteiger partial charge on any atom is -0.0620 e. The molecule has 4 atom stereocenters. The Morgan fingerprint density at radius 1 is 0.462 bits per heavy atom. The van der Waals surface area contributed by atoms with Crippen LogP contribution in [0.25, 0.3) is 10.8 Å². The molecule has 0 radical (unpaired) electrons. The van der Waals surface area contributed by atoms with E-state index < -0.39 is 0 Å². The van der Waals surface area contributed by atoms with Crippen molar-refractivity contribution in [1.29, 1.82) is 0 Å². The summed E-state index contributed by atoms with van der Waals surface area (Å²) >= 11 is 0. The third-order valence-electron chi connectivity index (χ3n) is 7.01. The molecule has 5 rings (SSSR count). The van der Waals surface area contributed by atoms with Crippen molar-refractivity contribution in [1.82, 2.24) is 0 Å². The molecule has 26 heavy (non-hydrogen) atoms. The Morgan fingerprint density at radius 2 is 0.808 bits per heavy atom. The molecular formula is C26H26. The molecule has 0 saturated carbocycles. The van der Waals surface area contributed by atoms with Crippen molar-refractivity contribution in [3.63, 3.8) is 0 Å². The topological polar surface area (TPSA) is 0 Å². The van der Waals surface area contributed by atoms with E-state index in [2.05, 4.69) is 88.4 Å². The zero-order chi connectivity index (χ0) is 18.0. The number of fused-ring (bicyclic) bond motifs is 3. The first kappa shape index (κ1) is 15.9. The largest absolute Gasteiger partial charge is 0.0620 e. The van der Waals surface area contributed by atoms with Crippen LogP contribution in [0.4, 0.5) is 0 Å². The van der Waals surface area contributed by atoms with Crippen LogP contribution in [0.15, 0.2) is 71.8 Å². The molecule has 0 amide bonds. The van der Waals surface area contributed by atoms with Crippen molar-refractivity contribution in [2.45, 2.75) is 51.4 Å². The second-order valence-electron chi connectivity index (χ2n) is 8.25. The van der Waals surface area contributed by atoms with Crippen molar-refractivity contribution in [3.8, 4) is 0 Å². The normalized spacial score (nSPS) is 27.1. The maximum Gasteiger partial charge on any atom is 0.00321 e. The van der Waals surface area contributed by atoms with Gasteiger partial charge in [0, 0.05) is 23.7 Å². The fourth-order valence-corrected chi connectivity index (χ4v) is 5.75. The standard InChI is InChI=1S/C26H26/c1-15-21-11-7-8-12-22(21)16(2)26-18(4)24-14-20-10-6-5-9-19(20)13-23(24)17(3)25(15)26/h5-18H,1-4H3. The average Bonchev–Trinajstić information content (AvgIpc) is 2.67. The van der Waals surface area contributed by atoms with Crippen LogP contribution in [0.1, 0.15) is 73.6 Å². The van der Waals surface area contributed by atoms with E-state index in [1.807, 2.05) is 0 Å². The number of hydrogen-bond donors (Lipinski definition) is 0. The Hall–Kier alpha value is -2.34. The molecule has 0 saturated heterocycles. The summed E-state index contributed by atoms with van der Waals surface area (Å²) in [6.07, 6.45) is 0. The number of allylic oxidation sites excluding steroid dienone is 2. The van der Waals surface area contributed by atoms with E-state index in [1.165, 1.54) is 33.0 Å². The number of rotatable bonds is 0. The summed E-state index contributed by atoms with van der Waals surface area (Å²) in [6, 6.07) is 22.8. The predicted molar refractivity (Wildman–Crippen MR) is 111 cm³/mol. The van der Waals surface area contributed by atoms with Gasteiger partial charge in [0.1, 0.15) is 0 Å². The minimum absolute atomic E-state index is 0.492. The minimum atomic E-state index is 0.492. The first-order chi connectivity index (χ1) is 12.6. The molecule has 0 heteroatoms. The molecule has 2 aliphatic carbocycles. The zero-order valence-corrected chi connectivity index (χ0v) is 16.1. The molecule has 0 N–H and O–H groups in total. The zero-order valence-electron chi connectivity index (χ0n) is 16.1. The lowest BCUT2D eigenvalue weighted by atomic mass is 9.61. The first-order valence-corrected chi connectivity index (χ1v) is 9.93. The Balaban J connectivity index is 1.76. The fraction of sp³-hybridized carbons (Fsp3) is 0.308. The molecule has 2 aliphatic rings. The average molecular weight is 338 g/mol. The van der Waals surface area contributed by atoms with Crippen LogP contribution in [0.3, 0.4) is 0 Å². The van der Waals surface area contributed by atoms with Gasteiger partial charge < -0.3 is 0 Å². The van der Waals surface area contributed by atoms with Crippen LogP contribution in [-0.2, 0) is 0 Å². The fourth-order valence-electron chi connectivity index (χ4n) is 5.75. The quantitative estimate of drug-likeness (QED) is 0.378. The second kappa shape index (κ2) is 5.58. The lowest BCUT2D eigenvalue weighted by Crippen LogP contribution is -2.26. The van der Waals surface area contributed by atoms with Crippen LogP contribution >= 0.6 is 0 Å². The van der Waals surface area contributed by atoms with Crippen molar-refractivity contribution in [2.75, 3.05) is 0 Å². The maximum atomic E-state index is 2.45. The summed E-state index contributed by atoms with van der Waals surface area (Å²) in [5.74, 6) is 2.00. The van der Waals surface area contributed by atoms with Gasteiger partial charge in [-0.05, 0) is 33.0 Å². The molecule has 0 spiro atoms. The second-order valence-corrected chi connectivity index (χ2v) is 8.25. The summed E-state index contributed by atoms with van der Waals surface area (Å²) in [7, 11) is 0. The van der Waals surface area contributed by atoms with Gasteiger partial charge in [-0.2, -0.15) is 0 Å². The van der Waals surface area contributed by atoms with Crippen molar-refractivity contribution < 1.29 is 0 Å². The highest BCUT2D eigenvalue weighted by atomic mass is 14.4. The molecule has 0 fully saturated rings. The molecule has 0 bridgehead atoms. The lowest BCUT2D eigenvalue weighted by molar-refractivity contribution is 0.602. The van der Waals surface area contributed by atoms with E-state index in [9.17, 15) is 0 Å². The van der Waals surface area contributed by atoms with Crippen molar-refractivity contribution >= 4 is 10.8 Å². The Kier molecular flexibility index (Phi) is 3.41. The summed E-state index contributed by atoms with van der Waals surface area (Å²) in [5, 5.41) is 2.73. The van der Waals surface area contributed by atoms with E-state index in [-0.39, 0.29) is 0 Å². The summed E-state index contributed by atoms with van der Waals surface area (Å²) < 4.78 is 0. The van der Waals surface area contributed by atoms with Crippen molar-refractivity contribution in [3.05, 3.63) is 94.1 Å². The molecule has 4 unspecified atom stereocenters. The molecule has 130 valence electrons. The van der Waals surface area contributed by atoms with E-state index in [0.29, 0.717) is 23.7 Å². The lowest BCUT2D eigenvalue weighted by Gasteiger charge is -2.43. The van der Waals surface area contributed by atoms with Gasteiger partial charge in [-0.3, -0.25) is 0 Å². The van der Waals surface area contributed by atoms with E-state index in [0.717, 1.165) is 0 Å². The van der Waals surface area contributed by atoms with Crippen molar-refractivity contribution in [2.24, 2.45) is 0 Å². The monoisotopic (exact) mass is 338 g/mol. The van der Waals surface area contributed by atoms with E-state index in [1.54, 1.807) is 11.1 Å². The number of hydrogen-bond acceptors (Lipinski definition) is 0. The van der Waals surface area contributed by atoms with E-state index >= 15 is 0 Å². The Bertz CT molecular complexity index is 969. The SMILES string of the molecule is CC1C2=C(C(C)c3ccccc31)C(C)c1cc3ccccc3cc1C2C. The van der Waals surface area contributed by atoms with Gasteiger partial charge in [0.15, 0.2) is 0 Å². The Morgan fingerprint density at radius 3 is 1.23 bits per heavy atom. The van der Waals surface area contributed by atoms with Gasteiger partial charge in [-0.1, -0.05) is 99.5 Å². The highest BCUT2D eigenvalue weighted by Crippen LogP contribution is 2.56. The Labute approximate surface area is 156 Å². The molecule has 3 aromatic rings. The van der Waals surface area contributed by atoms with Crippen LogP contribution in [-0.4, -0.2) is 0 Å². The van der Waals surface area contributed by atoms with Crippen LogP contribution < -0.4 is 0 Å². The van der Waals surface area contributed by atoms with E-state index in [4.69, 9.17) is 0 Å². The third kappa shape index (κ3) is 2.02. The van der Waals surface area contributed by atoms with Crippen LogP contribution in [0, 0.1) is 0 Å². The van der Waals surface area contributed by atoms with Gasteiger partial charge in [-0.25, -0.2) is 0 Å². The molecule has 0 heterocycles.